The zero-order valence-electron chi connectivity index (χ0n) is 11.2. The molecule has 7 nitrogen and oxygen atoms in total. The summed E-state index contributed by atoms with van der Waals surface area (Å²) in [5.74, 6) is -0.745. The van der Waals surface area contributed by atoms with E-state index in [0.717, 1.165) is 5.69 Å². The van der Waals surface area contributed by atoms with E-state index in [1.54, 1.807) is 11.4 Å². The van der Waals surface area contributed by atoms with Gasteiger partial charge in [0.05, 0.1) is 36.2 Å². The van der Waals surface area contributed by atoms with E-state index in [1.165, 1.54) is 29.7 Å². The number of carbonyl (C=O) groups is 2. The largest absolute Gasteiger partial charge is 0.496 e. The lowest BCUT2D eigenvalue weighted by molar-refractivity contribution is -0.142. The summed E-state index contributed by atoms with van der Waals surface area (Å²) in [5.41, 5.74) is 1.49. The number of fused-ring (bicyclic) bond motifs is 1. The van der Waals surface area contributed by atoms with Crippen molar-refractivity contribution >= 4 is 23.2 Å². The van der Waals surface area contributed by atoms with Crippen molar-refractivity contribution in [1.82, 2.24) is 14.9 Å². The number of aliphatic carboxylic acids is 1. The number of aromatic amines is 1. The molecule has 21 heavy (non-hydrogen) atoms. The molecule has 2 aromatic heterocycles. The summed E-state index contributed by atoms with van der Waals surface area (Å²) in [6.45, 7) is 0.214. The maximum absolute atomic E-state index is 12.6. The number of amides is 1. The lowest BCUT2D eigenvalue weighted by Gasteiger charge is -2.31. The molecule has 2 N–H and O–H groups in total. The van der Waals surface area contributed by atoms with Gasteiger partial charge in [0.15, 0.2) is 0 Å². The Morgan fingerprint density at radius 1 is 1.57 bits per heavy atom. The smallest absolute Gasteiger partial charge is 0.326 e. The van der Waals surface area contributed by atoms with Crippen LogP contribution in [-0.2, 0) is 17.8 Å². The summed E-state index contributed by atoms with van der Waals surface area (Å²) in [6, 6.07) is 0.718. The van der Waals surface area contributed by atoms with Crippen LogP contribution < -0.4 is 4.74 Å². The first kappa shape index (κ1) is 13.6. The van der Waals surface area contributed by atoms with Crippen LogP contribution in [0.2, 0.25) is 0 Å². The summed E-state index contributed by atoms with van der Waals surface area (Å²) in [7, 11) is 1.52. The molecule has 0 spiro atoms. The maximum atomic E-state index is 12.6. The maximum Gasteiger partial charge on any atom is 0.326 e. The van der Waals surface area contributed by atoms with Crippen LogP contribution in [0.5, 0.6) is 5.75 Å². The summed E-state index contributed by atoms with van der Waals surface area (Å²) >= 11 is 1.24. The number of nitrogens with one attached hydrogen (secondary N) is 1. The van der Waals surface area contributed by atoms with Gasteiger partial charge in [0, 0.05) is 17.9 Å². The Bertz CT molecular complexity index is 693. The van der Waals surface area contributed by atoms with E-state index >= 15 is 0 Å². The second kappa shape index (κ2) is 5.21. The molecule has 1 unspecified atom stereocenters. The monoisotopic (exact) mass is 307 g/mol. The van der Waals surface area contributed by atoms with Crippen LogP contribution in [0.15, 0.2) is 17.8 Å². The molecule has 1 aliphatic rings. The molecule has 1 amide bonds. The van der Waals surface area contributed by atoms with Crippen molar-refractivity contribution in [2.45, 2.75) is 19.0 Å². The molecule has 0 aromatic carbocycles. The summed E-state index contributed by atoms with van der Waals surface area (Å²) in [5, 5.41) is 11.1. The van der Waals surface area contributed by atoms with Gasteiger partial charge in [-0.15, -0.1) is 11.3 Å². The van der Waals surface area contributed by atoms with Gasteiger partial charge in [-0.2, -0.15) is 0 Å². The SMILES string of the molecule is COc1csc(C(=O)N2Cc3[nH]cnc3CC2C(=O)O)c1. The van der Waals surface area contributed by atoms with Crippen LogP contribution in [0, 0.1) is 0 Å². The highest BCUT2D eigenvalue weighted by atomic mass is 32.1. The Balaban J connectivity index is 1.91. The molecule has 0 saturated heterocycles. The number of imidazole rings is 1. The van der Waals surface area contributed by atoms with Gasteiger partial charge in [0.1, 0.15) is 11.8 Å². The molecular weight excluding hydrogens is 294 g/mol. The fraction of sp³-hybridized carbons (Fsp3) is 0.308. The molecule has 3 rings (SSSR count). The third kappa shape index (κ3) is 2.38. The van der Waals surface area contributed by atoms with Crippen molar-refractivity contribution < 1.29 is 19.4 Å². The van der Waals surface area contributed by atoms with Gasteiger partial charge < -0.3 is 19.7 Å². The molecule has 110 valence electrons. The van der Waals surface area contributed by atoms with Crippen molar-refractivity contribution in [2.75, 3.05) is 7.11 Å². The quantitative estimate of drug-likeness (QED) is 0.886. The lowest BCUT2D eigenvalue weighted by Crippen LogP contribution is -2.48. The number of thiophene rings is 1. The number of carboxylic acid groups (broad SMARTS) is 1. The number of ether oxygens (including phenoxy) is 1. The fourth-order valence-electron chi connectivity index (χ4n) is 2.35. The van der Waals surface area contributed by atoms with Gasteiger partial charge in [-0.25, -0.2) is 9.78 Å². The minimum atomic E-state index is -1.03. The molecule has 1 atom stereocenters. The average Bonchev–Trinajstić information content (AvgIpc) is 3.13. The van der Waals surface area contributed by atoms with Crippen LogP contribution in [0.25, 0.3) is 0 Å². The van der Waals surface area contributed by atoms with E-state index < -0.39 is 12.0 Å². The number of H-pyrrole nitrogens is 1. The number of carboxylic acids is 1. The summed E-state index contributed by atoms with van der Waals surface area (Å²) in [6.07, 6.45) is 1.73. The van der Waals surface area contributed by atoms with E-state index in [0.29, 0.717) is 16.3 Å². The van der Waals surface area contributed by atoms with Crippen LogP contribution in [0.1, 0.15) is 21.1 Å². The first-order valence-corrected chi connectivity index (χ1v) is 7.15. The predicted molar refractivity (Wildman–Crippen MR) is 74.5 cm³/mol. The number of methoxy groups -OCH3 is 1. The fourth-order valence-corrected chi connectivity index (χ4v) is 3.16. The minimum Gasteiger partial charge on any atom is -0.496 e. The van der Waals surface area contributed by atoms with Gasteiger partial charge >= 0.3 is 5.97 Å². The normalized spacial score (nSPS) is 17.4. The highest BCUT2D eigenvalue weighted by molar-refractivity contribution is 7.12. The number of rotatable bonds is 3. The molecule has 0 aliphatic carbocycles. The number of carbonyl (C=O) groups excluding carboxylic acids is 1. The van der Waals surface area contributed by atoms with Crippen LogP contribution in [-0.4, -0.2) is 45.0 Å². The summed E-state index contributed by atoms with van der Waals surface area (Å²) in [4.78, 5) is 32.9. The van der Waals surface area contributed by atoms with E-state index in [1.807, 2.05) is 0 Å². The van der Waals surface area contributed by atoms with E-state index in [4.69, 9.17) is 4.74 Å². The average molecular weight is 307 g/mol. The van der Waals surface area contributed by atoms with Gasteiger partial charge in [-0.05, 0) is 0 Å². The van der Waals surface area contributed by atoms with E-state index in [-0.39, 0.29) is 18.9 Å². The van der Waals surface area contributed by atoms with Crippen molar-refractivity contribution in [1.29, 1.82) is 0 Å². The number of aromatic nitrogens is 2. The topological polar surface area (TPSA) is 95.5 Å². The van der Waals surface area contributed by atoms with Crippen LogP contribution in [0.4, 0.5) is 0 Å². The number of hydrogen-bond donors (Lipinski definition) is 2. The molecule has 1 aliphatic heterocycles. The van der Waals surface area contributed by atoms with Crippen molar-refractivity contribution in [3.8, 4) is 5.75 Å². The van der Waals surface area contributed by atoms with Crippen molar-refractivity contribution in [2.24, 2.45) is 0 Å². The van der Waals surface area contributed by atoms with Gasteiger partial charge in [-0.1, -0.05) is 0 Å². The zero-order chi connectivity index (χ0) is 15.0. The molecule has 0 bridgehead atoms. The van der Waals surface area contributed by atoms with Gasteiger partial charge in [0.2, 0.25) is 0 Å². The Hall–Kier alpha value is -2.35. The number of hydrogen-bond acceptors (Lipinski definition) is 5. The third-order valence-corrected chi connectivity index (χ3v) is 4.36. The zero-order valence-corrected chi connectivity index (χ0v) is 12.0. The van der Waals surface area contributed by atoms with Crippen molar-refractivity contribution in [3.05, 3.63) is 34.0 Å². The molecular formula is C13H13N3O4S. The lowest BCUT2D eigenvalue weighted by atomic mass is 10.0. The molecule has 8 heteroatoms. The minimum absolute atomic E-state index is 0.211. The summed E-state index contributed by atoms with van der Waals surface area (Å²) < 4.78 is 5.06. The van der Waals surface area contributed by atoms with E-state index in [9.17, 15) is 14.7 Å². The molecule has 3 heterocycles. The second-order valence-corrected chi connectivity index (χ2v) is 5.58. The van der Waals surface area contributed by atoms with E-state index in [2.05, 4.69) is 9.97 Å². The predicted octanol–water partition coefficient (Wildman–Crippen LogP) is 1.13. The number of nitrogens with zero attached hydrogens (tertiary/aromatic N) is 2. The molecule has 0 radical (unpaired) electrons. The van der Waals surface area contributed by atoms with Crippen LogP contribution >= 0.6 is 11.3 Å². The molecule has 2 aromatic rings. The second-order valence-electron chi connectivity index (χ2n) is 4.67. The first-order valence-electron chi connectivity index (χ1n) is 6.27. The Morgan fingerprint density at radius 3 is 3.05 bits per heavy atom. The highest BCUT2D eigenvalue weighted by Crippen LogP contribution is 2.27. The van der Waals surface area contributed by atoms with Crippen LogP contribution in [0.3, 0.4) is 0 Å². The van der Waals surface area contributed by atoms with Gasteiger partial charge in [0.25, 0.3) is 5.91 Å². The molecule has 0 saturated carbocycles. The van der Waals surface area contributed by atoms with Crippen molar-refractivity contribution in [3.63, 3.8) is 0 Å². The standard InChI is InChI=1S/C13H13N3O4S/c1-20-7-2-11(21-5-7)12(17)16-4-9-8(14-6-15-9)3-10(16)13(18)19/h2,5-6,10H,3-4H2,1H3,(H,14,15)(H,18,19). The Labute approximate surface area is 124 Å². The first-order chi connectivity index (χ1) is 10.1. The Kier molecular flexibility index (Phi) is 3.38. The highest BCUT2D eigenvalue weighted by Gasteiger charge is 2.36. The Morgan fingerprint density at radius 2 is 2.38 bits per heavy atom. The third-order valence-electron chi connectivity index (χ3n) is 3.47. The van der Waals surface area contributed by atoms with Gasteiger partial charge in [-0.3, -0.25) is 4.79 Å². The molecule has 0 fully saturated rings.